The Hall–Kier alpha value is -4.05. The topological polar surface area (TPSA) is 129 Å². The molecule has 4 aromatic heterocycles. The monoisotopic (exact) mass is 482 g/mol. The largest absolute Gasteiger partial charge is 0.412 e. The first kappa shape index (κ1) is 21.3. The van der Waals surface area contributed by atoms with E-state index in [-0.39, 0.29) is 17.7 Å². The lowest BCUT2D eigenvalue weighted by molar-refractivity contribution is 0.0742. The van der Waals surface area contributed by atoms with Crippen LogP contribution in [-0.2, 0) is 0 Å². The maximum Gasteiger partial charge on any atom is 0.311 e. The number of fused-ring (bicyclic) bond motifs is 3. The summed E-state index contributed by atoms with van der Waals surface area (Å²) in [5.41, 5.74) is 5.83. The lowest BCUT2D eigenvalue weighted by Gasteiger charge is -2.14. The summed E-state index contributed by atoms with van der Waals surface area (Å²) in [5, 5.41) is 20.9. The van der Waals surface area contributed by atoms with Crippen molar-refractivity contribution in [2.24, 2.45) is 11.8 Å². The van der Waals surface area contributed by atoms with E-state index in [9.17, 15) is 4.79 Å². The number of pyridine rings is 1. The molecule has 0 spiro atoms. The third kappa shape index (κ3) is 3.25. The third-order valence-corrected chi connectivity index (χ3v) is 7.57. The van der Waals surface area contributed by atoms with Gasteiger partial charge in [-0.1, -0.05) is 13.8 Å². The van der Waals surface area contributed by atoms with Crippen molar-refractivity contribution in [3.05, 3.63) is 48.1 Å². The van der Waals surface area contributed by atoms with Gasteiger partial charge < -0.3 is 19.6 Å². The molecule has 2 fully saturated rings. The van der Waals surface area contributed by atoms with Crippen LogP contribution in [0.1, 0.15) is 36.0 Å². The van der Waals surface area contributed by atoms with E-state index in [0.717, 1.165) is 64.9 Å². The third-order valence-electron chi connectivity index (χ3n) is 7.57. The predicted octanol–water partition coefficient (Wildman–Crippen LogP) is 3.57. The normalized spacial score (nSPS) is 19.7. The van der Waals surface area contributed by atoms with E-state index in [0.29, 0.717) is 17.7 Å². The number of aromatic amines is 2. The molecule has 2 aliphatic rings. The average Bonchev–Trinajstić information content (AvgIpc) is 3.68. The lowest BCUT2D eigenvalue weighted by Crippen LogP contribution is -2.32. The zero-order valence-corrected chi connectivity index (χ0v) is 20.1. The van der Waals surface area contributed by atoms with E-state index in [2.05, 4.69) is 55.6 Å². The van der Waals surface area contributed by atoms with Crippen LogP contribution in [0, 0.1) is 11.8 Å². The second-order valence-corrected chi connectivity index (χ2v) is 10.1. The summed E-state index contributed by atoms with van der Waals surface area (Å²) in [7, 11) is 0. The quantitative estimate of drug-likeness (QED) is 0.357. The number of likely N-dealkylation sites (tertiary alicyclic amines) is 1. The molecule has 0 bridgehead atoms. The van der Waals surface area contributed by atoms with Crippen molar-refractivity contribution >= 4 is 27.8 Å². The van der Waals surface area contributed by atoms with Gasteiger partial charge in [-0.05, 0) is 47.6 Å². The Morgan fingerprint density at radius 1 is 1.11 bits per heavy atom. The fourth-order valence-corrected chi connectivity index (χ4v) is 5.81. The van der Waals surface area contributed by atoms with Crippen molar-refractivity contribution < 1.29 is 9.21 Å². The van der Waals surface area contributed by atoms with Crippen molar-refractivity contribution in [2.45, 2.75) is 19.8 Å². The molecule has 182 valence electrons. The molecule has 2 atom stereocenters. The summed E-state index contributed by atoms with van der Waals surface area (Å²) in [6, 6.07) is 8.04. The average molecular weight is 483 g/mol. The number of nitrogens with one attached hydrogen (secondary N) is 3. The smallest absolute Gasteiger partial charge is 0.311 e. The molecule has 0 radical (unpaired) electrons. The van der Waals surface area contributed by atoms with Crippen LogP contribution in [0.2, 0.25) is 0 Å². The van der Waals surface area contributed by atoms with Gasteiger partial charge >= 0.3 is 11.8 Å². The molecule has 0 aliphatic carbocycles. The standard InChI is InChI=1S/C26H26N8O2/c1-13(2)21-18-7-14(3-4-20(18)30-22(21)17-5-6-28-23-19(17)10-29-31-23)24-32-33-25(36-24)26(35)34-11-15-8-27-9-16(15)12-34/h3-7,10,13,15-16,27,30H,8-9,11-12H2,1-2H3,(H,28,29,31). The Balaban J connectivity index is 1.25. The fourth-order valence-electron chi connectivity index (χ4n) is 5.81. The van der Waals surface area contributed by atoms with Crippen molar-refractivity contribution in [2.75, 3.05) is 26.2 Å². The van der Waals surface area contributed by atoms with Gasteiger partial charge in [0.15, 0.2) is 5.65 Å². The molecule has 36 heavy (non-hydrogen) atoms. The van der Waals surface area contributed by atoms with E-state index in [1.807, 2.05) is 23.1 Å². The van der Waals surface area contributed by atoms with Crippen LogP contribution in [0.5, 0.6) is 0 Å². The number of carbonyl (C=O) groups excluding carboxylic acids is 1. The molecular formula is C26H26N8O2. The zero-order valence-electron chi connectivity index (χ0n) is 20.1. The second kappa shape index (κ2) is 7.99. The number of rotatable bonds is 4. The van der Waals surface area contributed by atoms with Gasteiger partial charge in [-0.15, -0.1) is 10.2 Å². The number of nitrogens with zero attached hydrogens (tertiary/aromatic N) is 5. The highest BCUT2D eigenvalue weighted by molar-refractivity contribution is 5.99. The lowest BCUT2D eigenvalue weighted by atomic mass is 9.95. The molecule has 2 unspecified atom stereocenters. The number of hydrogen-bond donors (Lipinski definition) is 3. The van der Waals surface area contributed by atoms with Crippen LogP contribution in [0.25, 0.3) is 44.6 Å². The number of hydrogen-bond acceptors (Lipinski definition) is 7. The van der Waals surface area contributed by atoms with Gasteiger partial charge in [-0.2, -0.15) is 5.10 Å². The van der Waals surface area contributed by atoms with Gasteiger partial charge in [0.1, 0.15) is 0 Å². The van der Waals surface area contributed by atoms with Gasteiger partial charge in [0.2, 0.25) is 5.89 Å². The molecule has 1 aromatic carbocycles. The molecule has 2 saturated heterocycles. The molecule has 7 rings (SSSR count). The molecule has 10 heteroatoms. The molecule has 6 heterocycles. The number of carbonyl (C=O) groups is 1. The van der Waals surface area contributed by atoms with Crippen molar-refractivity contribution in [3.63, 3.8) is 0 Å². The highest BCUT2D eigenvalue weighted by atomic mass is 16.4. The minimum atomic E-state index is -0.183. The molecule has 10 nitrogen and oxygen atoms in total. The molecule has 3 N–H and O–H groups in total. The van der Waals surface area contributed by atoms with E-state index >= 15 is 0 Å². The number of H-pyrrole nitrogens is 2. The molecule has 0 saturated carbocycles. The fraction of sp³-hybridized carbons (Fsp3) is 0.346. The maximum absolute atomic E-state index is 13.0. The summed E-state index contributed by atoms with van der Waals surface area (Å²) >= 11 is 0. The summed E-state index contributed by atoms with van der Waals surface area (Å²) < 4.78 is 5.89. The Bertz CT molecular complexity index is 1600. The number of benzene rings is 1. The van der Waals surface area contributed by atoms with Crippen LogP contribution in [0.3, 0.4) is 0 Å². The van der Waals surface area contributed by atoms with Crippen LogP contribution in [-0.4, -0.2) is 67.3 Å². The van der Waals surface area contributed by atoms with Crippen LogP contribution < -0.4 is 5.32 Å². The minimum absolute atomic E-state index is 0.0519. The van der Waals surface area contributed by atoms with Crippen LogP contribution >= 0.6 is 0 Å². The van der Waals surface area contributed by atoms with Crippen molar-refractivity contribution in [3.8, 4) is 22.7 Å². The van der Waals surface area contributed by atoms with Crippen LogP contribution in [0.15, 0.2) is 41.1 Å². The Morgan fingerprint density at radius 2 is 1.94 bits per heavy atom. The Labute approximate surface area is 206 Å². The summed E-state index contributed by atoms with van der Waals surface area (Å²) in [4.78, 5) is 22.8. The van der Waals surface area contributed by atoms with E-state index in [1.165, 1.54) is 5.56 Å². The van der Waals surface area contributed by atoms with Gasteiger partial charge in [-0.25, -0.2) is 4.98 Å². The zero-order chi connectivity index (χ0) is 24.4. The van der Waals surface area contributed by atoms with Gasteiger partial charge in [0.25, 0.3) is 0 Å². The second-order valence-electron chi connectivity index (χ2n) is 10.1. The van der Waals surface area contributed by atoms with E-state index < -0.39 is 0 Å². The first-order chi connectivity index (χ1) is 17.6. The van der Waals surface area contributed by atoms with Gasteiger partial charge in [-0.3, -0.25) is 9.89 Å². The Morgan fingerprint density at radius 3 is 2.75 bits per heavy atom. The van der Waals surface area contributed by atoms with Crippen molar-refractivity contribution in [1.82, 2.24) is 40.6 Å². The van der Waals surface area contributed by atoms with Gasteiger partial charge in [0, 0.05) is 59.8 Å². The minimum Gasteiger partial charge on any atom is -0.412 e. The van der Waals surface area contributed by atoms with Crippen molar-refractivity contribution in [1.29, 1.82) is 0 Å². The number of aromatic nitrogens is 6. The van der Waals surface area contributed by atoms with Crippen LogP contribution in [0.4, 0.5) is 0 Å². The SMILES string of the molecule is CC(C)c1c(-c2ccnc3[nH]ncc23)[nH]c2ccc(-c3nnc(C(=O)N4CC5CNCC5C4)o3)cc12. The summed E-state index contributed by atoms with van der Waals surface area (Å²) in [6.07, 6.45) is 3.59. The molecule has 1 amide bonds. The summed E-state index contributed by atoms with van der Waals surface area (Å²) in [5.74, 6) is 1.50. The first-order valence-corrected chi connectivity index (χ1v) is 12.3. The Kier molecular flexibility index (Phi) is 4.72. The van der Waals surface area contributed by atoms with E-state index in [4.69, 9.17) is 4.42 Å². The molecule has 2 aliphatic heterocycles. The number of amides is 1. The maximum atomic E-state index is 13.0. The highest BCUT2D eigenvalue weighted by Crippen LogP contribution is 2.39. The molecule has 5 aromatic rings. The predicted molar refractivity (Wildman–Crippen MR) is 134 cm³/mol. The first-order valence-electron chi connectivity index (χ1n) is 12.3. The molecular weight excluding hydrogens is 456 g/mol. The van der Waals surface area contributed by atoms with E-state index in [1.54, 1.807) is 12.4 Å². The summed E-state index contributed by atoms with van der Waals surface area (Å²) in [6.45, 7) is 7.76. The highest BCUT2D eigenvalue weighted by Gasteiger charge is 2.39. The van der Waals surface area contributed by atoms with Gasteiger partial charge in [0.05, 0.1) is 11.9 Å².